The zero-order valence-corrected chi connectivity index (χ0v) is 10.9. The maximum Gasteiger partial charge on any atom is 0.416 e. The number of likely N-dealkylation sites (N-methyl/N-ethyl adjacent to an activating group) is 1. The molecular formula is C14H14F3N3. The summed E-state index contributed by atoms with van der Waals surface area (Å²) < 4.78 is 39.1. The third kappa shape index (κ3) is 3.33. The minimum absolute atomic E-state index is 0.152. The first-order valence-corrected chi connectivity index (χ1v) is 6.09. The monoisotopic (exact) mass is 281 g/mol. The fourth-order valence-electron chi connectivity index (χ4n) is 2.06. The lowest BCUT2D eigenvalue weighted by molar-refractivity contribution is -0.138. The van der Waals surface area contributed by atoms with E-state index in [4.69, 9.17) is 0 Å². The fraction of sp³-hybridized carbons (Fsp3) is 0.286. The van der Waals surface area contributed by atoms with Crippen LogP contribution in [0, 0.1) is 0 Å². The number of rotatable bonds is 4. The highest BCUT2D eigenvalue weighted by Crippen LogP contribution is 2.34. The van der Waals surface area contributed by atoms with Gasteiger partial charge in [-0.25, -0.2) is 0 Å². The van der Waals surface area contributed by atoms with Crippen LogP contribution in [0.1, 0.15) is 22.7 Å². The molecule has 1 unspecified atom stereocenters. The molecule has 0 aliphatic carbocycles. The highest BCUT2D eigenvalue weighted by Gasteiger charge is 2.35. The Labute approximate surface area is 114 Å². The molecule has 2 aromatic heterocycles. The van der Waals surface area contributed by atoms with Crippen LogP contribution in [0.15, 0.2) is 43.0 Å². The van der Waals surface area contributed by atoms with Crippen molar-refractivity contribution in [3.8, 4) is 0 Å². The number of nitrogens with one attached hydrogen (secondary N) is 1. The Morgan fingerprint density at radius 1 is 1.10 bits per heavy atom. The van der Waals surface area contributed by atoms with E-state index < -0.39 is 17.8 Å². The van der Waals surface area contributed by atoms with Gasteiger partial charge in [-0.1, -0.05) is 0 Å². The normalized spacial score (nSPS) is 13.2. The van der Waals surface area contributed by atoms with Gasteiger partial charge < -0.3 is 5.32 Å². The third-order valence-corrected chi connectivity index (χ3v) is 3.07. The number of alkyl halides is 3. The molecule has 2 aromatic rings. The Morgan fingerprint density at radius 3 is 2.35 bits per heavy atom. The molecule has 0 aliphatic rings. The topological polar surface area (TPSA) is 37.8 Å². The number of pyridine rings is 2. The summed E-state index contributed by atoms with van der Waals surface area (Å²) in [5.74, 6) is 0. The fourth-order valence-corrected chi connectivity index (χ4v) is 2.06. The van der Waals surface area contributed by atoms with E-state index in [0.29, 0.717) is 6.42 Å². The summed E-state index contributed by atoms with van der Waals surface area (Å²) in [5, 5.41) is 2.92. The van der Waals surface area contributed by atoms with Crippen molar-refractivity contribution in [1.29, 1.82) is 0 Å². The van der Waals surface area contributed by atoms with E-state index in [0.717, 1.165) is 17.8 Å². The molecule has 0 aromatic carbocycles. The van der Waals surface area contributed by atoms with Crippen LogP contribution >= 0.6 is 0 Å². The van der Waals surface area contributed by atoms with Gasteiger partial charge in [0.25, 0.3) is 0 Å². The van der Waals surface area contributed by atoms with Crippen molar-refractivity contribution in [2.45, 2.75) is 18.6 Å². The van der Waals surface area contributed by atoms with E-state index in [9.17, 15) is 13.2 Å². The molecule has 0 amide bonds. The number of halogens is 3. The molecule has 0 fully saturated rings. The van der Waals surface area contributed by atoms with E-state index in [1.807, 2.05) is 0 Å². The highest BCUT2D eigenvalue weighted by atomic mass is 19.4. The van der Waals surface area contributed by atoms with Crippen LogP contribution in [-0.4, -0.2) is 17.0 Å². The van der Waals surface area contributed by atoms with Crippen LogP contribution in [-0.2, 0) is 12.6 Å². The lowest BCUT2D eigenvalue weighted by Gasteiger charge is -2.20. The summed E-state index contributed by atoms with van der Waals surface area (Å²) in [4.78, 5) is 7.71. The van der Waals surface area contributed by atoms with Crippen LogP contribution in [0.2, 0.25) is 0 Å². The van der Waals surface area contributed by atoms with Gasteiger partial charge >= 0.3 is 6.18 Å². The SMILES string of the molecule is CNC(Cc1ccncc1)c1cnccc1C(F)(F)F. The smallest absolute Gasteiger partial charge is 0.313 e. The molecule has 6 heteroatoms. The average molecular weight is 281 g/mol. The first-order valence-electron chi connectivity index (χ1n) is 6.09. The van der Waals surface area contributed by atoms with Gasteiger partial charge in [-0.05, 0) is 42.8 Å². The molecule has 1 atom stereocenters. The van der Waals surface area contributed by atoms with Crippen molar-refractivity contribution < 1.29 is 13.2 Å². The van der Waals surface area contributed by atoms with Crippen LogP contribution in [0.25, 0.3) is 0 Å². The molecule has 106 valence electrons. The van der Waals surface area contributed by atoms with Crippen molar-refractivity contribution in [2.24, 2.45) is 0 Å². The van der Waals surface area contributed by atoms with Gasteiger partial charge in [-0.3, -0.25) is 9.97 Å². The Bertz CT molecular complexity index is 555. The van der Waals surface area contributed by atoms with Crippen molar-refractivity contribution >= 4 is 0 Å². The van der Waals surface area contributed by atoms with Gasteiger partial charge in [-0.2, -0.15) is 13.2 Å². The van der Waals surface area contributed by atoms with Gasteiger partial charge in [0.1, 0.15) is 0 Å². The molecule has 3 nitrogen and oxygen atoms in total. The summed E-state index contributed by atoms with van der Waals surface area (Å²) in [6, 6.07) is 4.12. The third-order valence-electron chi connectivity index (χ3n) is 3.07. The summed E-state index contributed by atoms with van der Waals surface area (Å²) in [5.41, 5.74) is 0.413. The highest BCUT2D eigenvalue weighted by molar-refractivity contribution is 5.30. The second-order valence-electron chi connectivity index (χ2n) is 4.36. The summed E-state index contributed by atoms with van der Waals surface area (Å²) in [6.07, 6.45) is 1.72. The number of aromatic nitrogens is 2. The molecule has 0 saturated heterocycles. The first-order chi connectivity index (χ1) is 9.52. The Kier molecular flexibility index (Phi) is 4.34. The van der Waals surface area contributed by atoms with Crippen LogP contribution in [0.5, 0.6) is 0 Å². The van der Waals surface area contributed by atoms with Gasteiger partial charge in [0.15, 0.2) is 0 Å². The molecular weight excluding hydrogens is 267 g/mol. The number of hydrogen-bond acceptors (Lipinski definition) is 3. The van der Waals surface area contributed by atoms with E-state index >= 15 is 0 Å². The minimum Gasteiger partial charge on any atom is -0.313 e. The second-order valence-corrected chi connectivity index (χ2v) is 4.36. The largest absolute Gasteiger partial charge is 0.416 e. The predicted molar refractivity (Wildman–Crippen MR) is 69.0 cm³/mol. The Balaban J connectivity index is 2.33. The van der Waals surface area contributed by atoms with Crippen LogP contribution in [0.3, 0.4) is 0 Å². The van der Waals surface area contributed by atoms with E-state index in [2.05, 4.69) is 15.3 Å². The van der Waals surface area contributed by atoms with Crippen molar-refractivity contribution in [3.05, 3.63) is 59.7 Å². The van der Waals surface area contributed by atoms with Gasteiger partial charge in [-0.15, -0.1) is 0 Å². The predicted octanol–water partition coefficient (Wildman–Crippen LogP) is 3.00. The quantitative estimate of drug-likeness (QED) is 0.936. The van der Waals surface area contributed by atoms with Crippen molar-refractivity contribution in [2.75, 3.05) is 7.05 Å². The molecule has 0 spiro atoms. The zero-order valence-electron chi connectivity index (χ0n) is 10.9. The summed E-state index contributed by atoms with van der Waals surface area (Å²) >= 11 is 0. The molecule has 20 heavy (non-hydrogen) atoms. The molecule has 2 rings (SSSR count). The lowest BCUT2D eigenvalue weighted by atomic mass is 9.97. The lowest BCUT2D eigenvalue weighted by Crippen LogP contribution is -2.23. The number of hydrogen-bond donors (Lipinski definition) is 1. The van der Waals surface area contributed by atoms with Gasteiger partial charge in [0, 0.05) is 30.8 Å². The molecule has 0 aliphatic heterocycles. The van der Waals surface area contributed by atoms with Crippen LogP contribution < -0.4 is 5.32 Å². The van der Waals surface area contributed by atoms with E-state index in [1.165, 1.54) is 6.20 Å². The minimum atomic E-state index is -4.38. The molecule has 0 radical (unpaired) electrons. The maximum atomic E-state index is 13.0. The first kappa shape index (κ1) is 14.5. The molecule has 0 bridgehead atoms. The van der Waals surface area contributed by atoms with Crippen LogP contribution in [0.4, 0.5) is 13.2 Å². The Morgan fingerprint density at radius 2 is 1.75 bits per heavy atom. The Hall–Kier alpha value is -1.95. The summed E-state index contributed by atoms with van der Waals surface area (Å²) in [6.45, 7) is 0. The maximum absolute atomic E-state index is 13.0. The number of nitrogens with zero attached hydrogens (tertiary/aromatic N) is 2. The second kappa shape index (κ2) is 6.00. The molecule has 0 saturated carbocycles. The van der Waals surface area contributed by atoms with Gasteiger partial charge in [0.2, 0.25) is 0 Å². The molecule has 1 N–H and O–H groups in total. The van der Waals surface area contributed by atoms with E-state index in [1.54, 1.807) is 31.6 Å². The molecule has 2 heterocycles. The summed E-state index contributed by atoms with van der Waals surface area (Å²) in [7, 11) is 1.64. The van der Waals surface area contributed by atoms with Crippen molar-refractivity contribution in [3.63, 3.8) is 0 Å². The van der Waals surface area contributed by atoms with Gasteiger partial charge in [0.05, 0.1) is 5.56 Å². The van der Waals surface area contributed by atoms with Crippen molar-refractivity contribution in [1.82, 2.24) is 15.3 Å². The average Bonchev–Trinajstić information content (AvgIpc) is 2.45. The zero-order chi connectivity index (χ0) is 14.6. The standard InChI is InChI=1S/C14H14F3N3/c1-18-13(8-10-2-5-19-6-3-10)11-9-20-7-4-12(11)14(15,16)17/h2-7,9,13,18H,8H2,1H3. The van der Waals surface area contributed by atoms with E-state index in [-0.39, 0.29) is 5.56 Å².